The van der Waals surface area contributed by atoms with E-state index in [1.807, 2.05) is 30.3 Å². The lowest BCUT2D eigenvalue weighted by Crippen LogP contribution is -2.00. The summed E-state index contributed by atoms with van der Waals surface area (Å²) >= 11 is 0. The second-order valence-electron chi connectivity index (χ2n) is 4.46. The number of hydrogen-bond acceptors (Lipinski definition) is 4. The summed E-state index contributed by atoms with van der Waals surface area (Å²) in [4.78, 5) is 19.9. The number of carboxylic acids is 1. The van der Waals surface area contributed by atoms with Gasteiger partial charge in [0.15, 0.2) is 0 Å². The molecular formula is C16H12N2O3. The molecule has 0 amide bonds. The van der Waals surface area contributed by atoms with Crippen LogP contribution >= 0.6 is 0 Å². The van der Waals surface area contributed by atoms with Gasteiger partial charge >= 0.3 is 5.97 Å². The molecule has 0 aliphatic carbocycles. The number of carboxylic acid groups (broad SMARTS) is 1. The molecule has 0 saturated carbocycles. The van der Waals surface area contributed by atoms with Gasteiger partial charge in [0.05, 0.1) is 23.9 Å². The molecule has 0 unspecified atom stereocenters. The summed E-state index contributed by atoms with van der Waals surface area (Å²) in [7, 11) is 1.46. The molecule has 104 valence electrons. The third-order valence-corrected chi connectivity index (χ3v) is 3.18. The van der Waals surface area contributed by atoms with E-state index in [1.165, 1.54) is 19.2 Å². The first-order valence-corrected chi connectivity index (χ1v) is 6.32. The van der Waals surface area contributed by atoms with E-state index in [-0.39, 0.29) is 11.4 Å². The minimum absolute atomic E-state index is 0.137. The van der Waals surface area contributed by atoms with Crippen LogP contribution in [0.15, 0.2) is 48.7 Å². The number of nitrogens with zero attached hydrogens (tertiary/aromatic N) is 2. The number of methoxy groups -OCH3 is 1. The minimum atomic E-state index is -1.02. The van der Waals surface area contributed by atoms with Gasteiger partial charge in [0.25, 0.3) is 0 Å². The molecule has 2 heterocycles. The highest BCUT2D eigenvalue weighted by Gasteiger charge is 2.12. The number of hydrogen-bond donors (Lipinski definition) is 1. The number of fused-ring (bicyclic) bond motifs is 1. The van der Waals surface area contributed by atoms with Gasteiger partial charge in [-0.1, -0.05) is 18.2 Å². The van der Waals surface area contributed by atoms with E-state index in [1.54, 1.807) is 6.20 Å². The summed E-state index contributed by atoms with van der Waals surface area (Å²) in [5, 5.41) is 10.1. The largest absolute Gasteiger partial charge is 0.481 e. The maximum absolute atomic E-state index is 11.2. The van der Waals surface area contributed by atoms with E-state index in [9.17, 15) is 9.90 Å². The molecule has 5 nitrogen and oxygen atoms in total. The zero-order chi connectivity index (χ0) is 14.8. The van der Waals surface area contributed by atoms with Crippen LogP contribution in [-0.4, -0.2) is 28.2 Å². The van der Waals surface area contributed by atoms with Crippen LogP contribution in [0.1, 0.15) is 10.4 Å². The highest BCUT2D eigenvalue weighted by atomic mass is 16.5. The van der Waals surface area contributed by atoms with E-state index in [0.29, 0.717) is 5.69 Å². The van der Waals surface area contributed by atoms with Gasteiger partial charge in [-0.25, -0.2) is 9.78 Å². The van der Waals surface area contributed by atoms with Crippen LogP contribution in [0, 0.1) is 0 Å². The molecule has 3 aromatic rings. The van der Waals surface area contributed by atoms with Gasteiger partial charge in [-0.3, -0.25) is 4.98 Å². The van der Waals surface area contributed by atoms with Gasteiger partial charge in [-0.2, -0.15) is 0 Å². The molecule has 0 aliphatic heterocycles. The average Bonchev–Trinajstić information content (AvgIpc) is 2.53. The van der Waals surface area contributed by atoms with Crippen LogP contribution < -0.4 is 4.74 Å². The van der Waals surface area contributed by atoms with Crippen molar-refractivity contribution in [1.82, 2.24) is 9.97 Å². The van der Waals surface area contributed by atoms with Crippen molar-refractivity contribution in [1.29, 1.82) is 0 Å². The molecule has 1 N–H and O–H groups in total. The van der Waals surface area contributed by atoms with Crippen molar-refractivity contribution >= 4 is 16.9 Å². The van der Waals surface area contributed by atoms with Crippen molar-refractivity contribution in [2.24, 2.45) is 0 Å². The molecular weight excluding hydrogens is 268 g/mol. The van der Waals surface area contributed by atoms with Crippen molar-refractivity contribution in [3.8, 4) is 17.1 Å². The fraction of sp³-hybridized carbons (Fsp3) is 0.0625. The van der Waals surface area contributed by atoms with Gasteiger partial charge in [0, 0.05) is 23.2 Å². The normalized spacial score (nSPS) is 10.5. The molecule has 3 rings (SSSR count). The monoisotopic (exact) mass is 280 g/mol. The maximum atomic E-state index is 11.2. The third kappa shape index (κ3) is 2.41. The Morgan fingerprint density at radius 2 is 2.05 bits per heavy atom. The third-order valence-electron chi connectivity index (χ3n) is 3.18. The second-order valence-corrected chi connectivity index (χ2v) is 4.46. The van der Waals surface area contributed by atoms with Crippen molar-refractivity contribution in [2.45, 2.75) is 0 Å². The van der Waals surface area contributed by atoms with E-state index in [2.05, 4.69) is 9.97 Å². The first-order valence-electron chi connectivity index (χ1n) is 6.32. The van der Waals surface area contributed by atoms with Crippen LogP contribution in [0.4, 0.5) is 0 Å². The summed E-state index contributed by atoms with van der Waals surface area (Å²) in [5.74, 6) is -0.749. The Hall–Kier alpha value is -2.95. The van der Waals surface area contributed by atoms with Crippen molar-refractivity contribution in [3.63, 3.8) is 0 Å². The summed E-state index contributed by atoms with van der Waals surface area (Å²) in [6.45, 7) is 0. The summed E-state index contributed by atoms with van der Waals surface area (Å²) in [6.07, 6.45) is 1.72. The molecule has 0 aliphatic rings. The van der Waals surface area contributed by atoms with Crippen LogP contribution in [0.3, 0.4) is 0 Å². The highest BCUT2D eigenvalue weighted by molar-refractivity contribution is 5.95. The van der Waals surface area contributed by atoms with E-state index < -0.39 is 5.97 Å². The smallest absolute Gasteiger partial charge is 0.335 e. The first kappa shape index (κ1) is 13.1. The Bertz CT molecular complexity index is 825. The Kier molecular flexibility index (Phi) is 3.23. The van der Waals surface area contributed by atoms with E-state index in [4.69, 9.17) is 4.74 Å². The molecule has 5 heteroatoms. The first-order chi connectivity index (χ1) is 10.2. The second kappa shape index (κ2) is 5.20. The van der Waals surface area contributed by atoms with Crippen molar-refractivity contribution in [3.05, 3.63) is 54.2 Å². The van der Waals surface area contributed by atoms with Gasteiger partial charge in [0.2, 0.25) is 5.88 Å². The zero-order valence-corrected chi connectivity index (χ0v) is 11.3. The van der Waals surface area contributed by atoms with Gasteiger partial charge in [-0.15, -0.1) is 0 Å². The molecule has 0 saturated heterocycles. The predicted molar refractivity (Wildman–Crippen MR) is 78.5 cm³/mol. The standard InChI is InChI=1S/C16H12N2O3/c1-21-15-9-10(16(19)20)8-14(18-15)12-4-2-6-13-11(12)5-3-7-17-13/h2-9H,1H3,(H,19,20). The topological polar surface area (TPSA) is 72.3 Å². The number of rotatable bonds is 3. The van der Waals surface area contributed by atoms with Crippen LogP contribution in [0.25, 0.3) is 22.2 Å². The molecule has 0 radical (unpaired) electrons. The lowest BCUT2D eigenvalue weighted by molar-refractivity contribution is 0.0696. The Morgan fingerprint density at radius 3 is 2.81 bits per heavy atom. The van der Waals surface area contributed by atoms with Crippen molar-refractivity contribution < 1.29 is 14.6 Å². The number of ether oxygens (including phenoxy) is 1. The SMILES string of the molecule is COc1cc(C(=O)O)cc(-c2cccc3ncccc23)n1. The van der Waals surface area contributed by atoms with Gasteiger partial charge < -0.3 is 9.84 Å². The molecule has 2 aromatic heterocycles. The minimum Gasteiger partial charge on any atom is -0.481 e. The number of benzene rings is 1. The molecule has 0 spiro atoms. The number of aromatic nitrogens is 2. The predicted octanol–water partition coefficient (Wildman–Crippen LogP) is 3.00. The molecule has 21 heavy (non-hydrogen) atoms. The summed E-state index contributed by atoms with van der Waals surface area (Å²) in [6, 6.07) is 12.4. The Labute approximate surface area is 120 Å². The zero-order valence-electron chi connectivity index (χ0n) is 11.3. The molecule has 0 bridgehead atoms. The molecule has 1 aromatic carbocycles. The number of carbonyl (C=O) groups is 1. The van der Waals surface area contributed by atoms with Crippen LogP contribution in [0.5, 0.6) is 5.88 Å². The summed E-state index contributed by atoms with van der Waals surface area (Å²) < 4.78 is 5.09. The lowest BCUT2D eigenvalue weighted by Gasteiger charge is -2.08. The Morgan fingerprint density at radius 1 is 1.19 bits per heavy atom. The number of pyridine rings is 2. The van der Waals surface area contributed by atoms with Crippen LogP contribution in [-0.2, 0) is 0 Å². The molecule has 0 fully saturated rings. The van der Waals surface area contributed by atoms with Crippen LogP contribution in [0.2, 0.25) is 0 Å². The van der Waals surface area contributed by atoms with E-state index >= 15 is 0 Å². The quantitative estimate of drug-likeness (QED) is 0.798. The summed E-state index contributed by atoms with van der Waals surface area (Å²) in [5.41, 5.74) is 2.33. The average molecular weight is 280 g/mol. The number of aromatic carboxylic acids is 1. The molecule has 0 atom stereocenters. The maximum Gasteiger partial charge on any atom is 0.335 e. The highest BCUT2D eigenvalue weighted by Crippen LogP contribution is 2.28. The van der Waals surface area contributed by atoms with Crippen molar-refractivity contribution in [2.75, 3.05) is 7.11 Å². The fourth-order valence-electron chi connectivity index (χ4n) is 2.20. The lowest BCUT2D eigenvalue weighted by atomic mass is 10.0. The Balaban J connectivity index is 2.27. The fourth-order valence-corrected chi connectivity index (χ4v) is 2.20. The van der Waals surface area contributed by atoms with Gasteiger partial charge in [-0.05, 0) is 18.2 Å². The van der Waals surface area contributed by atoms with E-state index in [0.717, 1.165) is 16.5 Å². The van der Waals surface area contributed by atoms with Gasteiger partial charge in [0.1, 0.15) is 0 Å².